The molecule has 0 atom stereocenters. The van der Waals surface area contributed by atoms with Crippen LogP contribution in [0.3, 0.4) is 0 Å². The smallest absolute Gasteiger partial charge is 0.193 e. The summed E-state index contributed by atoms with van der Waals surface area (Å²) >= 11 is 0. The molecule has 0 unspecified atom stereocenters. The van der Waals surface area contributed by atoms with Crippen molar-refractivity contribution in [3.05, 3.63) is 29.3 Å². The van der Waals surface area contributed by atoms with Crippen LogP contribution in [0.2, 0.25) is 0 Å². The average molecular weight is 231 g/mol. The van der Waals surface area contributed by atoms with Crippen LogP contribution in [0.25, 0.3) is 0 Å². The van der Waals surface area contributed by atoms with Crippen LogP contribution in [0.15, 0.2) is 12.1 Å². The topological polar surface area (TPSA) is 30.5 Å². The van der Waals surface area contributed by atoms with E-state index in [1.165, 1.54) is 12.1 Å². The zero-order valence-electron chi connectivity index (χ0n) is 9.35. The summed E-state index contributed by atoms with van der Waals surface area (Å²) in [6.45, 7) is 2.45. The molecule has 0 aliphatic heterocycles. The van der Waals surface area contributed by atoms with Gasteiger partial charge in [0.2, 0.25) is 0 Å². The number of ether oxygens (including phenoxy) is 2. The zero-order valence-corrected chi connectivity index (χ0v) is 9.35. The van der Waals surface area contributed by atoms with Gasteiger partial charge in [-0.25, -0.2) is 8.78 Å². The summed E-state index contributed by atoms with van der Waals surface area (Å²) in [6.07, 6.45) is 0. The van der Waals surface area contributed by atoms with Gasteiger partial charge in [0.1, 0.15) is 0 Å². The third-order valence-electron chi connectivity index (χ3n) is 1.93. The summed E-state index contributed by atoms with van der Waals surface area (Å²) in [5, 5.41) is 2.81. The van der Waals surface area contributed by atoms with Crippen molar-refractivity contribution in [1.29, 1.82) is 0 Å². The number of halogens is 2. The summed E-state index contributed by atoms with van der Waals surface area (Å²) in [4.78, 5) is 0. The van der Waals surface area contributed by atoms with Crippen molar-refractivity contribution in [2.24, 2.45) is 0 Å². The van der Waals surface area contributed by atoms with Crippen LogP contribution < -0.4 is 10.1 Å². The summed E-state index contributed by atoms with van der Waals surface area (Å²) < 4.78 is 36.5. The molecule has 1 aromatic rings. The van der Waals surface area contributed by atoms with Crippen molar-refractivity contribution in [3.8, 4) is 5.75 Å². The molecule has 1 N–H and O–H groups in total. The molecule has 16 heavy (non-hydrogen) atoms. The summed E-state index contributed by atoms with van der Waals surface area (Å²) in [5.74, 6) is -1.83. The van der Waals surface area contributed by atoms with E-state index >= 15 is 0 Å². The Morgan fingerprint density at radius 1 is 1.25 bits per heavy atom. The first-order valence-electron chi connectivity index (χ1n) is 5.02. The Bertz CT molecular complexity index is 322. The molecule has 0 aliphatic rings. The van der Waals surface area contributed by atoms with E-state index in [2.05, 4.69) is 5.32 Å². The Morgan fingerprint density at radius 3 is 2.38 bits per heavy atom. The lowest BCUT2D eigenvalue weighted by atomic mass is 10.2. The van der Waals surface area contributed by atoms with Gasteiger partial charge in [-0.05, 0) is 31.7 Å². The van der Waals surface area contributed by atoms with E-state index < -0.39 is 17.4 Å². The van der Waals surface area contributed by atoms with E-state index in [9.17, 15) is 8.78 Å². The van der Waals surface area contributed by atoms with Gasteiger partial charge in [0, 0.05) is 13.2 Å². The van der Waals surface area contributed by atoms with E-state index in [0.29, 0.717) is 18.7 Å². The molecular weight excluding hydrogens is 216 g/mol. The molecule has 0 saturated heterocycles. The highest BCUT2D eigenvalue weighted by Crippen LogP contribution is 2.23. The first-order valence-corrected chi connectivity index (χ1v) is 5.02. The summed E-state index contributed by atoms with van der Waals surface area (Å²) in [5.41, 5.74) is 0.529. The number of nitrogens with one attached hydrogen (secondary N) is 1. The van der Waals surface area contributed by atoms with Crippen molar-refractivity contribution in [2.45, 2.75) is 13.5 Å². The van der Waals surface area contributed by atoms with Crippen LogP contribution in [0, 0.1) is 11.6 Å². The van der Waals surface area contributed by atoms with Gasteiger partial charge in [0.15, 0.2) is 24.2 Å². The minimum Gasteiger partial charge on any atom is -0.461 e. The minimum atomic E-state index is -0.718. The molecule has 0 bridgehead atoms. The van der Waals surface area contributed by atoms with E-state index in [1.807, 2.05) is 0 Å². The number of benzene rings is 1. The molecular formula is C11H15F2NO2. The second-order valence-electron chi connectivity index (χ2n) is 3.17. The lowest BCUT2D eigenvalue weighted by Crippen LogP contribution is -2.08. The van der Waals surface area contributed by atoms with Crippen LogP contribution in [-0.2, 0) is 11.3 Å². The fourth-order valence-corrected chi connectivity index (χ4v) is 1.24. The van der Waals surface area contributed by atoms with Crippen LogP contribution in [0.1, 0.15) is 12.5 Å². The highest BCUT2D eigenvalue weighted by Gasteiger charge is 2.12. The average Bonchev–Trinajstić information content (AvgIpc) is 2.23. The van der Waals surface area contributed by atoms with Gasteiger partial charge in [-0.1, -0.05) is 0 Å². The van der Waals surface area contributed by atoms with Gasteiger partial charge in [-0.3, -0.25) is 0 Å². The number of hydrogen-bond acceptors (Lipinski definition) is 3. The lowest BCUT2D eigenvalue weighted by Gasteiger charge is -2.09. The normalized spacial score (nSPS) is 10.5. The Kier molecular flexibility index (Phi) is 5.14. The molecule has 0 aliphatic carbocycles. The molecule has 0 heterocycles. The molecule has 0 spiro atoms. The molecule has 3 nitrogen and oxygen atoms in total. The first kappa shape index (κ1) is 12.9. The monoisotopic (exact) mass is 231 g/mol. The van der Waals surface area contributed by atoms with E-state index in [4.69, 9.17) is 9.47 Å². The SMILES string of the molecule is CCOCOc1c(F)cc(CNC)cc1F. The molecule has 0 fully saturated rings. The largest absolute Gasteiger partial charge is 0.461 e. The fourth-order valence-electron chi connectivity index (χ4n) is 1.24. The van der Waals surface area contributed by atoms with E-state index in [0.717, 1.165) is 0 Å². The maximum atomic E-state index is 13.4. The van der Waals surface area contributed by atoms with Crippen molar-refractivity contribution in [2.75, 3.05) is 20.4 Å². The Labute approximate surface area is 93.4 Å². The fraction of sp³-hybridized carbons (Fsp3) is 0.455. The van der Waals surface area contributed by atoms with Crippen LogP contribution in [0.4, 0.5) is 8.78 Å². The second kappa shape index (κ2) is 6.40. The summed E-state index contributed by atoms with van der Waals surface area (Å²) in [7, 11) is 1.70. The van der Waals surface area contributed by atoms with E-state index in [1.54, 1.807) is 14.0 Å². The molecule has 0 saturated carbocycles. The molecule has 0 aromatic heterocycles. The lowest BCUT2D eigenvalue weighted by molar-refractivity contribution is 0.0176. The number of hydrogen-bond donors (Lipinski definition) is 1. The highest BCUT2D eigenvalue weighted by atomic mass is 19.1. The van der Waals surface area contributed by atoms with Crippen LogP contribution in [-0.4, -0.2) is 20.4 Å². The summed E-state index contributed by atoms with van der Waals surface area (Å²) in [6, 6.07) is 2.47. The zero-order chi connectivity index (χ0) is 12.0. The molecule has 1 aromatic carbocycles. The quantitative estimate of drug-likeness (QED) is 0.600. The van der Waals surface area contributed by atoms with Gasteiger partial charge in [0.25, 0.3) is 0 Å². The van der Waals surface area contributed by atoms with Gasteiger partial charge >= 0.3 is 0 Å². The predicted octanol–water partition coefficient (Wildman–Crippen LogP) is 2.06. The highest BCUT2D eigenvalue weighted by molar-refractivity contribution is 5.31. The van der Waals surface area contributed by atoms with Crippen molar-refractivity contribution in [3.63, 3.8) is 0 Å². The Hall–Kier alpha value is -1.20. The molecule has 5 heteroatoms. The minimum absolute atomic E-state index is 0.157. The molecule has 0 radical (unpaired) electrons. The maximum Gasteiger partial charge on any atom is 0.193 e. The Morgan fingerprint density at radius 2 is 1.88 bits per heavy atom. The van der Waals surface area contributed by atoms with Crippen LogP contribution in [0.5, 0.6) is 5.75 Å². The van der Waals surface area contributed by atoms with Gasteiger partial charge < -0.3 is 14.8 Å². The van der Waals surface area contributed by atoms with Gasteiger partial charge in [-0.15, -0.1) is 0 Å². The van der Waals surface area contributed by atoms with Crippen molar-refractivity contribution >= 4 is 0 Å². The van der Waals surface area contributed by atoms with E-state index in [-0.39, 0.29) is 6.79 Å². The molecule has 0 amide bonds. The third-order valence-corrected chi connectivity index (χ3v) is 1.93. The predicted molar refractivity (Wildman–Crippen MR) is 56.2 cm³/mol. The van der Waals surface area contributed by atoms with Crippen molar-refractivity contribution in [1.82, 2.24) is 5.32 Å². The molecule has 1 rings (SSSR count). The standard InChI is InChI=1S/C11H15F2NO2/c1-3-15-7-16-11-9(12)4-8(6-14-2)5-10(11)13/h4-5,14H,3,6-7H2,1-2H3. The van der Waals surface area contributed by atoms with Gasteiger partial charge in [0.05, 0.1) is 0 Å². The van der Waals surface area contributed by atoms with Crippen molar-refractivity contribution < 1.29 is 18.3 Å². The number of rotatable bonds is 6. The third kappa shape index (κ3) is 3.43. The molecule has 90 valence electrons. The maximum absolute atomic E-state index is 13.4. The first-order chi connectivity index (χ1) is 7.69. The van der Waals surface area contributed by atoms with Crippen LogP contribution >= 0.6 is 0 Å². The second-order valence-corrected chi connectivity index (χ2v) is 3.17. The Balaban J connectivity index is 2.77. The van der Waals surface area contributed by atoms with Gasteiger partial charge in [-0.2, -0.15) is 0 Å².